The van der Waals surface area contributed by atoms with Crippen LogP contribution < -0.4 is 0 Å². The first-order valence-electron chi connectivity index (χ1n) is 6.27. The Hall–Kier alpha value is -2.83. The van der Waals surface area contributed by atoms with Crippen molar-refractivity contribution in [1.29, 1.82) is 0 Å². The molecule has 0 bridgehead atoms. The molecule has 5 nitrogen and oxygen atoms in total. The van der Waals surface area contributed by atoms with E-state index in [9.17, 15) is 23.2 Å². The first-order valence-corrected chi connectivity index (χ1v) is 6.27. The Morgan fingerprint density at radius 2 is 1.45 bits per heavy atom. The highest BCUT2D eigenvalue weighted by Crippen LogP contribution is 2.16. The zero-order valence-electron chi connectivity index (χ0n) is 11.8. The molecule has 0 aromatic heterocycles. The maximum Gasteiger partial charge on any atom is 0.333 e. The number of likely N-dealkylation sites (N-methyl/N-ethyl adjacent to an activating group) is 2. The van der Waals surface area contributed by atoms with Gasteiger partial charge >= 0.3 is 6.03 Å². The zero-order valence-corrected chi connectivity index (χ0v) is 11.8. The normalized spacial score (nSPS) is 16.0. The Labute approximate surface area is 125 Å². The molecule has 0 aliphatic carbocycles. The van der Waals surface area contributed by atoms with Crippen molar-refractivity contribution in [3.8, 4) is 0 Å². The molecule has 4 amide bonds. The molecule has 114 valence electrons. The molecule has 0 saturated carbocycles. The van der Waals surface area contributed by atoms with Crippen molar-refractivity contribution >= 4 is 23.9 Å². The number of barbiturate groups is 1. The molecular weight excluding hydrogens is 294 g/mol. The van der Waals surface area contributed by atoms with Crippen molar-refractivity contribution in [3.05, 3.63) is 53.1 Å². The average molecular weight is 306 g/mol. The highest BCUT2D eigenvalue weighted by Gasteiger charge is 2.37. The van der Waals surface area contributed by atoms with Gasteiger partial charge in [-0.3, -0.25) is 19.4 Å². The molecule has 0 radical (unpaired) electrons. The summed E-state index contributed by atoms with van der Waals surface area (Å²) in [4.78, 5) is 36.9. The Morgan fingerprint density at radius 3 is 1.95 bits per heavy atom. The quantitative estimate of drug-likeness (QED) is 0.620. The number of carbonyl (C=O) groups is 3. The van der Waals surface area contributed by atoms with Crippen LogP contribution >= 0.6 is 0 Å². The second-order valence-corrected chi connectivity index (χ2v) is 4.59. The van der Waals surface area contributed by atoms with Crippen LogP contribution in [0.15, 0.2) is 35.9 Å². The lowest BCUT2D eigenvalue weighted by molar-refractivity contribution is -0.134. The van der Waals surface area contributed by atoms with Crippen molar-refractivity contribution in [2.24, 2.45) is 0 Å². The summed E-state index contributed by atoms with van der Waals surface area (Å²) in [5.74, 6) is -3.07. The Kier molecular flexibility index (Phi) is 4.16. The van der Waals surface area contributed by atoms with E-state index < -0.39 is 29.5 Å². The third kappa shape index (κ3) is 2.65. The molecule has 0 N–H and O–H groups in total. The van der Waals surface area contributed by atoms with Gasteiger partial charge in [-0.1, -0.05) is 12.1 Å². The molecule has 1 aromatic rings. The Balaban J connectivity index is 2.33. The summed E-state index contributed by atoms with van der Waals surface area (Å²) in [6.45, 7) is 0. The topological polar surface area (TPSA) is 57.7 Å². The van der Waals surface area contributed by atoms with Crippen LogP contribution in [0.3, 0.4) is 0 Å². The van der Waals surface area contributed by atoms with Gasteiger partial charge in [0, 0.05) is 19.7 Å². The summed E-state index contributed by atoms with van der Waals surface area (Å²) < 4.78 is 26.9. The summed E-state index contributed by atoms with van der Waals surface area (Å²) >= 11 is 0. The SMILES string of the molecule is CN1C(=O)C(=C/C=C/c2c(F)cccc2F)C(=O)N(C)C1=O. The monoisotopic (exact) mass is 306 g/mol. The maximum atomic E-state index is 13.4. The van der Waals surface area contributed by atoms with Crippen LogP contribution in [0.1, 0.15) is 5.56 Å². The van der Waals surface area contributed by atoms with Crippen LogP contribution in [0.25, 0.3) is 6.08 Å². The minimum absolute atomic E-state index is 0.266. The van der Waals surface area contributed by atoms with Gasteiger partial charge in [-0.25, -0.2) is 13.6 Å². The number of urea groups is 1. The molecule has 1 aliphatic heterocycles. The number of amides is 4. The fraction of sp³-hybridized carbons (Fsp3) is 0.133. The molecule has 2 rings (SSSR count). The lowest BCUT2D eigenvalue weighted by Gasteiger charge is -2.28. The van der Waals surface area contributed by atoms with E-state index in [-0.39, 0.29) is 11.1 Å². The molecule has 0 atom stereocenters. The summed E-state index contributed by atoms with van der Waals surface area (Å²) in [5.41, 5.74) is -0.551. The van der Waals surface area contributed by atoms with Crippen LogP contribution in [-0.2, 0) is 9.59 Å². The van der Waals surface area contributed by atoms with Crippen LogP contribution in [0, 0.1) is 11.6 Å². The number of hydrogen-bond acceptors (Lipinski definition) is 3. The molecule has 1 heterocycles. The van der Waals surface area contributed by atoms with Gasteiger partial charge in [0.2, 0.25) is 0 Å². The predicted octanol–water partition coefficient (Wildman–Crippen LogP) is 1.95. The van der Waals surface area contributed by atoms with Crippen molar-refractivity contribution in [3.63, 3.8) is 0 Å². The standard InChI is InChI=1S/C15H12F2N2O3/c1-18-13(20)10(14(21)19(2)15(18)22)6-3-5-9-11(16)7-4-8-12(9)17/h3-8H,1-2H3/b5-3+. The minimum Gasteiger partial charge on any atom is -0.268 e. The van der Waals surface area contributed by atoms with Gasteiger partial charge in [0.15, 0.2) is 0 Å². The van der Waals surface area contributed by atoms with Crippen molar-refractivity contribution in [1.82, 2.24) is 9.80 Å². The van der Waals surface area contributed by atoms with Crippen molar-refractivity contribution in [2.45, 2.75) is 0 Å². The molecule has 1 fully saturated rings. The minimum atomic E-state index is -0.772. The van der Waals surface area contributed by atoms with Gasteiger partial charge in [-0.2, -0.15) is 0 Å². The van der Waals surface area contributed by atoms with E-state index in [1.165, 1.54) is 26.2 Å². The molecular formula is C15H12F2N2O3. The number of allylic oxidation sites excluding steroid dienone is 2. The number of rotatable bonds is 2. The van der Waals surface area contributed by atoms with E-state index in [1.54, 1.807) is 0 Å². The van der Waals surface area contributed by atoms with Gasteiger partial charge in [0.25, 0.3) is 11.8 Å². The molecule has 22 heavy (non-hydrogen) atoms. The summed E-state index contributed by atoms with van der Waals surface area (Å²) in [7, 11) is 2.48. The summed E-state index contributed by atoms with van der Waals surface area (Å²) in [6, 6.07) is 2.67. The third-order valence-corrected chi connectivity index (χ3v) is 3.17. The molecule has 1 aromatic carbocycles. The van der Waals surface area contributed by atoms with E-state index in [0.29, 0.717) is 0 Å². The number of benzene rings is 1. The molecule has 7 heteroatoms. The summed E-state index contributed by atoms with van der Waals surface area (Å²) in [6.07, 6.45) is 3.41. The number of hydrogen-bond donors (Lipinski definition) is 0. The van der Waals surface area contributed by atoms with E-state index in [1.807, 2.05) is 0 Å². The second kappa shape index (κ2) is 5.88. The third-order valence-electron chi connectivity index (χ3n) is 3.17. The van der Waals surface area contributed by atoms with Crippen molar-refractivity contribution < 1.29 is 23.2 Å². The number of halogens is 2. The Morgan fingerprint density at radius 1 is 0.955 bits per heavy atom. The largest absolute Gasteiger partial charge is 0.333 e. The number of imide groups is 2. The molecule has 0 spiro atoms. The van der Waals surface area contributed by atoms with Crippen molar-refractivity contribution in [2.75, 3.05) is 14.1 Å². The smallest absolute Gasteiger partial charge is 0.268 e. The lowest BCUT2D eigenvalue weighted by atomic mass is 10.1. The Bertz CT molecular complexity index is 679. The molecule has 1 aliphatic rings. The summed E-state index contributed by atoms with van der Waals surface area (Å²) in [5, 5.41) is 0. The first kappa shape index (κ1) is 15.6. The second-order valence-electron chi connectivity index (χ2n) is 4.59. The van der Waals surface area contributed by atoms with E-state index >= 15 is 0 Å². The van der Waals surface area contributed by atoms with Gasteiger partial charge < -0.3 is 0 Å². The van der Waals surface area contributed by atoms with Crippen LogP contribution in [-0.4, -0.2) is 41.7 Å². The maximum absolute atomic E-state index is 13.4. The first-order chi connectivity index (χ1) is 10.3. The van der Waals surface area contributed by atoms with Gasteiger partial charge in [-0.05, 0) is 24.3 Å². The van der Waals surface area contributed by atoms with Crippen LogP contribution in [0.2, 0.25) is 0 Å². The zero-order chi connectivity index (χ0) is 16.4. The fourth-order valence-electron chi connectivity index (χ4n) is 1.90. The highest BCUT2D eigenvalue weighted by atomic mass is 19.1. The number of nitrogens with zero attached hydrogens (tertiary/aromatic N) is 2. The van der Waals surface area contributed by atoms with E-state index in [2.05, 4.69) is 0 Å². The van der Waals surface area contributed by atoms with Gasteiger partial charge in [0.05, 0.1) is 0 Å². The van der Waals surface area contributed by atoms with E-state index in [4.69, 9.17) is 0 Å². The molecule has 1 saturated heterocycles. The van der Waals surface area contributed by atoms with E-state index in [0.717, 1.165) is 34.1 Å². The van der Waals surface area contributed by atoms with Gasteiger partial charge in [-0.15, -0.1) is 0 Å². The number of carbonyl (C=O) groups excluding carboxylic acids is 3. The van der Waals surface area contributed by atoms with Gasteiger partial charge in [0.1, 0.15) is 17.2 Å². The predicted molar refractivity (Wildman–Crippen MR) is 74.4 cm³/mol. The fourth-order valence-corrected chi connectivity index (χ4v) is 1.90. The molecule has 0 unspecified atom stereocenters. The lowest BCUT2D eigenvalue weighted by Crippen LogP contribution is -2.52. The average Bonchev–Trinajstić information content (AvgIpc) is 2.49. The highest BCUT2D eigenvalue weighted by molar-refractivity contribution is 6.28. The van der Waals surface area contributed by atoms with Crippen LogP contribution in [0.5, 0.6) is 0 Å². The van der Waals surface area contributed by atoms with Crippen LogP contribution in [0.4, 0.5) is 13.6 Å².